The van der Waals surface area contributed by atoms with Crippen molar-refractivity contribution >= 4 is 0 Å². The molecule has 0 aliphatic heterocycles. The summed E-state index contributed by atoms with van der Waals surface area (Å²) in [4.78, 5) is 1.53. The zero-order chi connectivity index (χ0) is 13.9. The predicted molar refractivity (Wildman–Crippen MR) is 77.5 cm³/mol. The van der Waals surface area contributed by atoms with E-state index in [9.17, 15) is 0 Å². The van der Waals surface area contributed by atoms with Gasteiger partial charge in [-0.05, 0) is 35.7 Å². The SMILES string of the molecule is CCCNC(Cc1nnn(C)n1)C1Cc2ccccc21. The lowest BCUT2D eigenvalue weighted by atomic mass is 9.72. The molecule has 0 bridgehead atoms. The van der Waals surface area contributed by atoms with Gasteiger partial charge in [0.05, 0.1) is 7.05 Å². The van der Waals surface area contributed by atoms with E-state index in [4.69, 9.17) is 0 Å². The quantitative estimate of drug-likeness (QED) is 0.864. The first-order chi connectivity index (χ1) is 9.78. The molecule has 1 aromatic heterocycles. The number of nitrogens with zero attached hydrogens (tertiary/aromatic N) is 4. The van der Waals surface area contributed by atoms with Crippen LogP contribution in [0.5, 0.6) is 0 Å². The number of aromatic nitrogens is 4. The summed E-state index contributed by atoms with van der Waals surface area (Å²) in [5, 5.41) is 16.0. The Labute approximate surface area is 119 Å². The molecule has 1 heterocycles. The van der Waals surface area contributed by atoms with E-state index in [1.807, 2.05) is 7.05 Å². The molecule has 0 saturated heterocycles. The lowest BCUT2D eigenvalue weighted by Crippen LogP contribution is -2.42. The van der Waals surface area contributed by atoms with Crippen molar-refractivity contribution in [1.82, 2.24) is 25.5 Å². The molecule has 1 aliphatic carbocycles. The van der Waals surface area contributed by atoms with E-state index in [0.717, 1.165) is 31.6 Å². The van der Waals surface area contributed by atoms with Crippen molar-refractivity contribution in [2.75, 3.05) is 6.54 Å². The van der Waals surface area contributed by atoms with Crippen LogP contribution >= 0.6 is 0 Å². The Kier molecular flexibility index (Phi) is 3.78. The van der Waals surface area contributed by atoms with Crippen LogP contribution in [-0.4, -0.2) is 32.8 Å². The number of tetrazole rings is 1. The van der Waals surface area contributed by atoms with Crippen LogP contribution in [0.3, 0.4) is 0 Å². The van der Waals surface area contributed by atoms with Crippen molar-refractivity contribution in [3.05, 3.63) is 41.2 Å². The molecule has 0 fully saturated rings. The molecule has 0 spiro atoms. The summed E-state index contributed by atoms with van der Waals surface area (Å²) in [7, 11) is 1.81. The molecule has 2 aromatic rings. The molecule has 0 amide bonds. The van der Waals surface area contributed by atoms with Gasteiger partial charge < -0.3 is 5.32 Å². The van der Waals surface area contributed by atoms with E-state index < -0.39 is 0 Å². The van der Waals surface area contributed by atoms with E-state index in [0.29, 0.717) is 12.0 Å². The summed E-state index contributed by atoms with van der Waals surface area (Å²) >= 11 is 0. The maximum Gasteiger partial charge on any atom is 0.176 e. The molecule has 1 aromatic carbocycles. The molecule has 1 aliphatic rings. The van der Waals surface area contributed by atoms with Crippen LogP contribution in [0.1, 0.15) is 36.2 Å². The van der Waals surface area contributed by atoms with Crippen molar-refractivity contribution in [3.8, 4) is 0 Å². The summed E-state index contributed by atoms with van der Waals surface area (Å²) in [6.45, 7) is 3.23. The van der Waals surface area contributed by atoms with Gasteiger partial charge in [-0.15, -0.1) is 10.2 Å². The number of rotatable bonds is 6. The fraction of sp³-hybridized carbons (Fsp3) is 0.533. The number of fused-ring (bicyclic) bond motifs is 1. The Morgan fingerprint density at radius 1 is 1.40 bits per heavy atom. The Morgan fingerprint density at radius 2 is 2.25 bits per heavy atom. The summed E-state index contributed by atoms with van der Waals surface area (Å²) in [5.74, 6) is 1.40. The van der Waals surface area contributed by atoms with E-state index in [1.54, 1.807) is 0 Å². The zero-order valence-electron chi connectivity index (χ0n) is 12.1. The van der Waals surface area contributed by atoms with E-state index in [1.165, 1.54) is 15.9 Å². The summed E-state index contributed by atoms with van der Waals surface area (Å²) in [6.07, 6.45) is 3.13. The number of nitrogens with one attached hydrogen (secondary N) is 1. The Morgan fingerprint density at radius 3 is 2.95 bits per heavy atom. The molecule has 1 N–H and O–H groups in total. The van der Waals surface area contributed by atoms with Crippen molar-refractivity contribution in [2.45, 2.75) is 38.1 Å². The highest BCUT2D eigenvalue weighted by Gasteiger charge is 2.33. The van der Waals surface area contributed by atoms with Gasteiger partial charge in [0.25, 0.3) is 0 Å². The van der Waals surface area contributed by atoms with Gasteiger partial charge >= 0.3 is 0 Å². The molecule has 3 rings (SSSR count). The average Bonchev–Trinajstić information content (AvgIpc) is 2.82. The van der Waals surface area contributed by atoms with Crippen LogP contribution in [0.2, 0.25) is 0 Å². The van der Waals surface area contributed by atoms with Crippen LogP contribution in [0.15, 0.2) is 24.3 Å². The zero-order valence-corrected chi connectivity index (χ0v) is 12.1. The molecule has 20 heavy (non-hydrogen) atoms. The minimum atomic E-state index is 0.397. The van der Waals surface area contributed by atoms with Gasteiger partial charge in [-0.1, -0.05) is 31.2 Å². The molecular formula is C15H21N5. The lowest BCUT2D eigenvalue weighted by molar-refractivity contribution is 0.391. The minimum absolute atomic E-state index is 0.397. The average molecular weight is 271 g/mol. The highest BCUT2D eigenvalue weighted by atomic mass is 15.6. The molecule has 5 nitrogen and oxygen atoms in total. The second-order valence-electron chi connectivity index (χ2n) is 5.47. The second-order valence-corrected chi connectivity index (χ2v) is 5.47. The topological polar surface area (TPSA) is 55.6 Å². The molecule has 5 heteroatoms. The fourth-order valence-electron chi connectivity index (χ4n) is 2.94. The highest BCUT2D eigenvalue weighted by Crippen LogP contribution is 2.38. The van der Waals surface area contributed by atoms with Crippen LogP contribution in [0.25, 0.3) is 0 Å². The molecule has 0 saturated carbocycles. The van der Waals surface area contributed by atoms with Gasteiger partial charge in [0.15, 0.2) is 5.82 Å². The lowest BCUT2D eigenvalue weighted by Gasteiger charge is -2.36. The standard InChI is InChI=1S/C15H21N5/c1-3-8-16-14(10-15-17-19-20(2)18-15)13-9-11-6-4-5-7-12(11)13/h4-7,13-14,16H,3,8-10H2,1-2H3. The van der Waals surface area contributed by atoms with Crippen LogP contribution in [0, 0.1) is 0 Å². The third kappa shape index (κ3) is 2.58. The summed E-state index contributed by atoms with van der Waals surface area (Å²) in [5.41, 5.74) is 2.96. The first-order valence-corrected chi connectivity index (χ1v) is 7.32. The van der Waals surface area contributed by atoms with Gasteiger partial charge in [0, 0.05) is 18.4 Å². The number of benzene rings is 1. The van der Waals surface area contributed by atoms with Crippen molar-refractivity contribution in [3.63, 3.8) is 0 Å². The second kappa shape index (κ2) is 5.71. The maximum atomic E-state index is 4.31. The van der Waals surface area contributed by atoms with E-state index in [2.05, 4.69) is 51.9 Å². The van der Waals surface area contributed by atoms with E-state index in [-0.39, 0.29) is 0 Å². The number of hydrogen-bond donors (Lipinski definition) is 1. The van der Waals surface area contributed by atoms with Crippen LogP contribution in [-0.2, 0) is 19.9 Å². The fourth-order valence-corrected chi connectivity index (χ4v) is 2.94. The smallest absolute Gasteiger partial charge is 0.176 e. The normalized spacial score (nSPS) is 18.4. The van der Waals surface area contributed by atoms with Crippen LogP contribution < -0.4 is 5.32 Å². The Bertz CT molecular complexity index is 577. The predicted octanol–water partition coefficient (Wildman–Crippen LogP) is 1.46. The van der Waals surface area contributed by atoms with Gasteiger partial charge in [-0.2, -0.15) is 4.80 Å². The number of aryl methyl sites for hydroxylation is 1. The summed E-state index contributed by atoms with van der Waals surface area (Å²) < 4.78 is 0. The van der Waals surface area contributed by atoms with Gasteiger partial charge in [0.2, 0.25) is 0 Å². The first kappa shape index (κ1) is 13.2. The highest BCUT2D eigenvalue weighted by molar-refractivity contribution is 5.41. The van der Waals surface area contributed by atoms with Gasteiger partial charge in [0.1, 0.15) is 0 Å². The first-order valence-electron chi connectivity index (χ1n) is 7.32. The number of hydrogen-bond acceptors (Lipinski definition) is 4. The van der Waals surface area contributed by atoms with Crippen LogP contribution in [0.4, 0.5) is 0 Å². The Hall–Kier alpha value is -1.75. The Balaban J connectivity index is 1.74. The molecule has 2 unspecified atom stereocenters. The monoisotopic (exact) mass is 271 g/mol. The third-order valence-electron chi connectivity index (χ3n) is 3.99. The molecule has 2 atom stereocenters. The van der Waals surface area contributed by atoms with Gasteiger partial charge in [-0.3, -0.25) is 0 Å². The van der Waals surface area contributed by atoms with Gasteiger partial charge in [-0.25, -0.2) is 0 Å². The third-order valence-corrected chi connectivity index (χ3v) is 3.99. The summed E-state index contributed by atoms with van der Waals surface area (Å²) in [6, 6.07) is 9.11. The van der Waals surface area contributed by atoms with E-state index >= 15 is 0 Å². The minimum Gasteiger partial charge on any atom is -0.313 e. The maximum absolute atomic E-state index is 4.31. The largest absolute Gasteiger partial charge is 0.313 e. The molecule has 0 radical (unpaired) electrons. The molecular weight excluding hydrogens is 250 g/mol. The van der Waals surface area contributed by atoms with Crippen molar-refractivity contribution in [2.24, 2.45) is 7.05 Å². The van der Waals surface area contributed by atoms with Crippen molar-refractivity contribution in [1.29, 1.82) is 0 Å². The molecule has 106 valence electrons. The van der Waals surface area contributed by atoms with Crippen molar-refractivity contribution < 1.29 is 0 Å².